The average Bonchev–Trinajstić information content (AvgIpc) is 2.55. The van der Waals surface area contributed by atoms with Crippen LogP contribution in [0.3, 0.4) is 0 Å². The van der Waals surface area contributed by atoms with Crippen LogP contribution < -0.4 is 5.32 Å². The van der Waals surface area contributed by atoms with Gasteiger partial charge in [0.05, 0.1) is 18.4 Å². The van der Waals surface area contributed by atoms with Crippen molar-refractivity contribution >= 4 is 16.6 Å². The zero-order chi connectivity index (χ0) is 14.7. The van der Waals surface area contributed by atoms with Crippen molar-refractivity contribution < 1.29 is 4.74 Å². The number of rotatable bonds is 4. The summed E-state index contributed by atoms with van der Waals surface area (Å²) in [5.74, 6) is 0.841. The van der Waals surface area contributed by atoms with Crippen molar-refractivity contribution in [3.63, 3.8) is 0 Å². The van der Waals surface area contributed by atoms with Gasteiger partial charge in [-0.1, -0.05) is 31.2 Å². The number of nitrogens with one attached hydrogen (secondary N) is 1. The van der Waals surface area contributed by atoms with E-state index in [0.29, 0.717) is 0 Å². The minimum Gasteiger partial charge on any atom is -0.374 e. The van der Waals surface area contributed by atoms with Crippen LogP contribution in [-0.4, -0.2) is 54.0 Å². The van der Waals surface area contributed by atoms with E-state index in [0.717, 1.165) is 55.1 Å². The molecule has 1 aromatic carbocycles. The second-order valence-electron chi connectivity index (χ2n) is 5.45. The maximum Gasteiger partial charge on any atom is 0.156 e. The number of aryl methyl sites for hydroxylation is 1. The second kappa shape index (κ2) is 6.37. The Hall–Kier alpha value is -1.72. The van der Waals surface area contributed by atoms with Crippen molar-refractivity contribution in [2.45, 2.75) is 20.0 Å². The number of hydrogen-bond acceptors (Lipinski definition) is 5. The Balaban J connectivity index is 1.72. The van der Waals surface area contributed by atoms with Crippen molar-refractivity contribution in [2.75, 3.05) is 38.1 Å². The first-order valence-electron chi connectivity index (χ1n) is 7.57. The van der Waals surface area contributed by atoms with Gasteiger partial charge in [0.25, 0.3) is 0 Å². The molecule has 2 aromatic rings. The molecular formula is C16H22N4O. The minimum absolute atomic E-state index is 0.209. The van der Waals surface area contributed by atoms with Crippen LogP contribution in [0, 0.1) is 6.92 Å². The van der Waals surface area contributed by atoms with E-state index in [1.165, 1.54) is 0 Å². The molecule has 1 aromatic heterocycles. The van der Waals surface area contributed by atoms with Crippen LogP contribution in [0.15, 0.2) is 24.3 Å². The highest BCUT2D eigenvalue weighted by Gasteiger charge is 2.19. The highest BCUT2D eigenvalue weighted by molar-refractivity contribution is 5.92. The molecular weight excluding hydrogens is 264 g/mol. The fraction of sp³-hybridized carbons (Fsp3) is 0.500. The highest BCUT2D eigenvalue weighted by Crippen LogP contribution is 2.22. The molecule has 0 aliphatic carbocycles. The van der Waals surface area contributed by atoms with Gasteiger partial charge in [-0.3, -0.25) is 4.90 Å². The van der Waals surface area contributed by atoms with Gasteiger partial charge in [0.2, 0.25) is 0 Å². The number of benzene rings is 1. The quantitative estimate of drug-likeness (QED) is 0.932. The SMILES string of the molecule is CCN1CCOC(CNc2nnc(C)c3ccccc23)C1. The van der Waals surface area contributed by atoms with Crippen LogP contribution in [-0.2, 0) is 4.74 Å². The van der Waals surface area contributed by atoms with Gasteiger partial charge in [0.15, 0.2) is 5.82 Å². The van der Waals surface area contributed by atoms with Crippen LogP contribution >= 0.6 is 0 Å². The third kappa shape index (κ3) is 3.14. The van der Waals surface area contributed by atoms with E-state index < -0.39 is 0 Å². The van der Waals surface area contributed by atoms with Crippen LogP contribution in [0.1, 0.15) is 12.6 Å². The molecule has 112 valence electrons. The Bertz CT molecular complexity index is 616. The third-order valence-corrected chi connectivity index (χ3v) is 4.04. The maximum absolute atomic E-state index is 5.82. The van der Waals surface area contributed by atoms with Crippen molar-refractivity contribution in [1.82, 2.24) is 15.1 Å². The smallest absolute Gasteiger partial charge is 0.156 e. The lowest BCUT2D eigenvalue weighted by molar-refractivity contribution is -0.0192. The van der Waals surface area contributed by atoms with Crippen molar-refractivity contribution in [2.24, 2.45) is 0 Å². The molecule has 5 heteroatoms. The Kier molecular flexibility index (Phi) is 4.31. The maximum atomic E-state index is 5.82. The number of fused-ring (bicyclic) bond motifs is 1. The van der Waals surface area contributed by atoms with Gasteiger partial charge in [-0.25, -0.2) is 0 Å². The van der Waals surface area contributed by atoms with Gasteiger partial charge in [-0.15, -0.1) is 5.10 Å². The lowest BCUT2D eigenvalue weighted by atomic mass is 10.1. The van der Waals surface area contributed by atoms with Gasteiger partial charge in [0, 0.05) is 30.4 Å². The third-order valence-electron chi connectivity index (χ3n) is 4.04. The van der Waals surface area contributed by atoms with Gasteiger partial charge in [-0.2, -0.15) is 5.10 Å². The lowest BCUT2D eigenvalue weighted by Crippen LogP contribution is -2.45. The van der Waals surface area contributed by atoms with Crippen molar-refractivity contribution in [3.05, 3.63) is 30.0 Å². The number of hydrogen-bond donors (Lipinski definition) is 1. The summed E-state index contributed by atoms with van der Waals surface area (Å²) < 4.78 is 5.82. The number of ether oxygens (including phenoxy) is 1. The molecule has 0 amide bonds. The Morgan fingerprint density at radius 2 is 2.10 bits per heavy atom. The summed E-state index contributed by atoms with van der Waals surface area (Å²) in [6, 6.07) is 8.23. The molecule has 1 N–H and O–H groups in total. The molecule has 21 heavy (non-hydrogen) atoms. The predicted octanol–water partition coefficient (Wildman–Crippen LogP) is 2.07. The fourth-order valence-electron chi connectivity index (χ4n) is 2.77. The van der Waals surface area contributed by atoms with Crippen LogP contribution in [0.5, 0.6) is 0 Å². The highest BCUT2D eigenvalue weighted by atomic mass is 16.5. The zero-order valence-corrected chi connectivity index (χ0v) is 12.7. The number of likely N-dealkylation sites (N-methyl/N-ethyl adjacent to an activating group) is 1. The van der Waals surface area contributed by atoms with Crippen LogP contribution in [0.2, 0.25) is 0 Å². The molecule has 5 nitrogen and oxygen atoms in total. The van der Waals surface area contributed by atoms with E-state index in [2.05, 4.69) is 39.5 Å². The standard InChI is InChI=1S/C16H22N4O/c1-3-20-8-9-21-13(11-20)10-17-16-15-7-5-4-6-14(15)12(2)18-19-16/h4-7,13H,3,8-11H2,1-2H3,(H,17,19). The summed E-state index contributed by atoms with van der Waals surface area (Å²) in [6.07, 6.45) is 0.209. The fourth-order valence-corrected chi connectivity index (χ4v) is 2.77. The summed E-state index contributed by atoms with van der Waals surface area (Å²) in [5, 5.41) is 14.2. The normalized spacial score (nSPS) is 19.8. The molecule has 3 rings (SSSR count). The van der Waals surface area contributed by atoms with Crippen LogP contribution in [0.25, 0.3) is 10.8 Å². The lowest BCUT2D eigenvalue weighted by Gasteiger charge is -2.32. The molecule has 0 saturated carbocycles. The van der Waals surface area contributed by atoms with Crippen LogP contribution in [0.4, 0.5) is 5.82 Å². The molecule has 1 saturated heterocycles. The second-order valence-corrected chi connectivity index (χ2v) is 5.45. The summed E-state index contributed by atoms with van der Waals surface area (Å²) in [6.45, 7) is 8.82. The molecule has 1 unspecified atom stereocenters. The Labute approximate surface area is 125 Å². The molecule has 0 radical (unpaired) electrons. The number of nitrogens with zero attached hydrogens (tertiary/aromatic N) is 3. The Morgan fingerprint density at radius 3 is 2.90 bits per heavy atom. The predicted molar refractivity (Wildman–Crippen MR) is 84.6 cm³/mol. The molecule has 0 spiro atoms. The van der Waals surface area contributed by atoms with Gasteiger partial charge >= 0.3 is 0 Å². The molecule has 0 bridgehead atoms. The molecule has 2 heterocycles. The van der Waals surface area contributed by atoms with E-state index >= 15 is 0 Å². The topological polar surface area (TPSA) is 50.3 Å². The van der Waals surface area contributed by atoms with Gasteiger partial charge < -0.3 is 10.1 Å². The first-order valence-corrected chi connectivity index (χ1v) is 7.57. The summed E-state index contributed by atoms with van der Waals surface area (Å²) >= 11 is 0. The molecule has 1 aliphatic rings. The first kappa shape index (κ1) is 14.2. The Morgan fingerprint density at radius 1 is 1.29 bits per heavy atom. The number of anilines is 1. The molecule has 1 aliphatic heterocycles. The molecule has 1 atom stereocenters. The average molecular weight is 286 g/mol. The van der Waals surface area contributed by atoms with E-state index in [4.69, 9.17) is 4.74 Å². The number of morpholine rings is 1. The number of aromatic nitrogens is 2. The summed E-state index contributed by atoms with van der Waals surface area (Å²) in [5.41, 5.74) is 0.960. The summed E-state index contributed by atoms with van der Waals surface area (Å²) in [7, 11) is 0. The largest absolute Gasteiger partial charge is 0.374 e. The summed E-state index contributed by atoms with van der Waals surface area (Å²) in [4.78, 5) is 2.41. The van der Waals surface area contributed by atoms with E-state index in [1.807, 2.05) is 19.1 Å². The van der Waals surface area contributed by atoms with E-state index in [9.17, 15) is 0 Å². The van der Waals surface area contributed by atoms with E-state index in [1.54, 1.807) is 0 Å². The van der Waals surface area contributed by atoms with E-state index in [-0.39, 0.29) is 6.10 Å². The van der Waals surface area contributed by atoms with Crippen molar-refractivity contribution in [1.29, 1.82) is 0 Å². The molecule has 1 fully saturated rings. The monoisotopic (exact) mass is 286 g/mol. The van der Waals surface area contributed by atoms with Crippen molar-refractivity contribution in [3.8, 4) is 0 Å². The minimum atomic E-state index is 0.209. The van der Waals surface area contributed by atoms with Gasteiger partial charge in [-0.05, 0) is 13.5 Å². The zero-order valence-electron chi connectivity index (χ0n) is 12.7. The first-order chi connectivity index (χ1) is 10.3. The van der Waals surface area contributed by atoms with Gasteiger partial charge in [0.1, 0.15) is 0 Å².